The summed E-state index contributed by atoms with van der Waals surface area (Å²) in [4.78, 5) is 11.0. The standard InChI is InChI=1S/C25H22N4O2/c26-15-18-13-20(17-27-16-18)22-7-8-28-23-14-24(31-25(22)23)19-3-5-21(6-4-19)30-12-11-29-9-1-2-10-29/h3-8,13-14,16-17H,1-2,9-12H2. The molecule has 6 nitrogen and oxygen atoms in total. The van der Waals surface area contributed by atoms with Gasteiger partial charge < -0.3 is 9.15 Å². The van der Waals surface area contributed by atoms with E-state index in [0.29, 0.717) is 17.8 Å². The van der Waals surface area contributed by atoms with E-state index in [1.54, 1.807) is 24.7 Å². The highest BCUT2D eigenvalue weighted by Gasteiger charge is 2.14. The van der Waals surface area contributed by atoms with Gasteiger partial charge in [-0.25, -0.2) is 0 Å². The Morgan fingerprint density at radius 2 is 1.87 bits per heavy atom. The number of rotatable bonds is 6. The van der Waals surface area contributed by atoms with Crippen molar-refractivity contribution in [2.75, 3.05) is 26.2 Å². The molecule has 1 saturated heterocycles. The number of nitrogens with zero attached hydrogens (tertiary/aromatic N) is 4. The number of furan rings is 1. The number of hydrogen-bond acceptors (Lipinski definition) is 6. The molecule has 154 valence electrons. The molecule has 3 aromatic heterocycles. The molecular formula is C25H22N4O2. The van der Waals surface area contributed by atoms with Crippen molar-refractivity contribution in [2.24, 2.45) is 0 Å². The second-order valence-corrected chi connectivity index (χ2v) is 7.68. The fourth-order valence-electron chi connectivity index (χ4n) is 3.97. The van der Waals surface area contributed by atoms with Crippen LogP contribution < -0.4 is 4.74 Å². The lowest BCUT2D eigenvalue weighted by Crippen LogP contribution is -2.25. The van der Waals surface area contributed by atoms with Crippen molar-refractivity contribution >= 4 is 11.1 Å². The van der Waals surface area contributed by atoms with E-state index < -0.39 is 0 Å². The third kappa shape index (κ3) is 4.14. The second-order valence-electron chi connectivity index (χ2n) is 7.68. The first kappa shape index (κ1) is 19.3. The number of ether oxygens (including phenoxy) is 1. The molecule has 4 aromatic rings. The summed E-state index contributed by atoms with van der Waals surface area (Å²) in [5.41, 5.74) is 4.60. The Bertz CT molecular complexity index is 1230. The highest BCUT2D eigenvalue weighted by molar-refractivity contribution is 5.92. The van der Waals surface area contributed by atoms with E-state index in [1.165, 1.54) is 25.9 Å². The molecule has 1 fully saturated rings. The third-order valence-corrected chi connectivity index (χ3v) is 5.60. The molecule has 1 aliphatic heterocycles. The lowest BCUT2D eigenvalue weighted by Gasteiger charge is -2.14. The van der Waals surface area contributed by atoms with Crippen LogP contribution in [0.2, 0.25) is 0 Å². The van der Waals surface area contributed by atoms with E-state index in [-0.39, 0.29) is 0 Å². The Morgan fingerprint density at radius 3 is 2.68 bits per heavy atom. The van der Waals surface area contributed by atoms with Gasteiger partial charge in [-0.1, -0.05) is 0 Å². The fourth-order valence-corrected chi connectivity index (χ4v) is 3.97. The summed E-state index contributed by atoms with van der Waals surface area (Å²) in [7, 11) is 0. The highest BCUT2D eigenvalue weighted by Crippen LogP contribution is 2.34. The molecule has 0 bridgehead atoms. The molecule has 0 spiro atoms. The molecule has 0 amide bonds. The van der Waals surface area contributed by atoms with Crippen LogP contribution in [0.15, 0.2) is 65.5 Å². The summed E-state index contributed by atoms with van der Waals surface area (Å²) in [6, 6.07) is 15.7. The number of hydrogen-bond donors (Lipinski definition) is 0. The minimum absolute atomic E-state index is 0.509. The van der Waals surface area contributed by atoms with E-state index in [4.69, 9.17) is 14.4 Å². The zero-order chi connectivity index (χ0) is 21.0. The van der Waals surface area contributed by atoms with E-state index in [0.717, 1.165) is 40.3 Å². The van der Waals surface area contributed by atoms with E-state index >= 15 is 0 Å². The quantitative estimate of drug-likeness (QED) is 0.450. The highest BCUT2D eigenvalue weighted by atomic mass is 16.5. The second kappa shape index (κ2) is 8.58. The van der Waals surface area contributed by atoms with Crippen molar-refractivity contribution in [2.45, 2.75) is 12.8 Å². The molecule has 0 N–H and O–H groups in total. The fraction of sp³-hybridized carbons (Fsp3) is 0.240. The van der Waals surface area contributed by atoms with Crippen LogP contribution in [0.5, 0.6) is 5.75 Å². The van der Waals surface area contributed by atoms with Gasteiger partial charge in [0.2, 0.25) is 0 Å². The van der Waals surface area contributed by atoms with Crippen molar-refractivity contribution in [3.05, 3.63) is 66.6 Å². The maximum Gasteiger partial charge on any atom is 0.161 e. The predicted molar refractivity (Wildman–Crippen MR) is 119 cm³/mol. The van der Waals surface area contributed by atoms with Crippen LogP contribution in [-0.2, 0) is 0 Å². The van der Waals surface area contributed by atoms with Crippen LogP contribution >= 0.6 is 0 Å². The normalized spacial score (nSPS) is 14.0. The summed E-state index contributed by atoms with van der Waals surface area (Å²) in [6.07, 6.45) is 7.61. The summed E-state index contributed by atoms with van der Waals surface area (Å²) in [6.45, 7) is 4.04. The van der Waals surface area contributed by atoms with Crippen LogP contribution in [0.25, 0.3) is 33.6 Å². The number of pyridine rings is 2. The number of fused-ring (bicyclic) bond motifs is 1. The van der Waals surface area contributed by atoms with Gasteiger partial charge >= 0.3 is 0 Å². The van der Waals surface area contributed by atoms with E-state index in [1.807, 2.05) is 36.4 Å². The maximum atomic E-state index is 9.17. The van der Waals surface area contributed by atoms with Gasteiger partial charge in [-0.15, -0.1) is 0 Å². The van der Waals surface area contributed by atoms with Crippen LogP contribution in [0.1, 0.15) is 18.4 Å². The lowest BCUT2D eigenvalue weighted by molar-refractivity contribution is 0.238. The van der Waals surface area contributed by atoms with Crippen molar-refractivity contribution in [1.29, 1.82) is 5.26 Å². The first-order chi connectivity index (χ1) is 15.3. The molecule has 0 aliphatic carbocycles. The molecule has 0 saturated carbocycles. The summed E-state index contributed by atoms with van der Waals surface area (Å²) in [5, 5.41) is 9.17. The minimum Gasteiger partial charge on any atom is -0.492 e. The topological polar surface area (TPSA) is 75.2 Å². The Labute approximate surface area is 180 Å². The third-order valence-electron chi connectivity index (χ3n) is 5.60. The molecule has 31 heavy (non-hydrogen) atoms. The number of likely N-dealkylation sites (tertiary alicyclic amines) is 1. The Hall–Kier alpha value is -3.69. The number of aromatic nitrogens is 2. The van der Waals surface area contributed by atoms with E-state index in [2.05, 4.69) is 20.9 Å². The Balaban J connectivity index is 1.36. The zero-order valence-corrected chi connectivity index (χ0v) is 17.1. The monoisotopic (exact) mass is 410 g/mol. The SMILES string of the molecule is N#Cc1cncc(-c2ccnc3cc(-c4ccc(OCCN5CCCC5)cc4)oc23)c1. The largest absolute Gasteiger partial charge is 0.492 e. The molecule has 4 heterocycles. The Morgan fingerprint density at radius 1 is 1.03 bits per heavy atom. The molecule has 0 unspecified atom stereocenters. The van der Waals surface area contributed by atoms with Crippen molar-refractivity contribution < 1.29 is 9.15 Å². The number of benzene rings is 1. The maximum absolute atomic E-state index is 9.17. The molecule has 0 atom stereocenters. The van der Waals surface area contributed by atoms with Gasteiger partial charge in [0, 0.05) is 47.9 Å². The summed E-state index contributed by atoms with van der Waals surface area (Å²) < 4.78 is 12.1. The smallest absolute Gasteiger partial charge is 0.161 e. The van der Waals surface area contributed by atoms with Crippen LogP contribution in [-0.4, -0.2) is 41.1 Å². The first-order valence-electron chi connectivity index (χ1n) is 10.5. The molecular weight excluding hydrogens is 388 g/mol. The molecule has 5 rings (SSSR count). The Kier molecular flexibility index (Phi) is 5.34. The van der Waals surface area contributed by atoms with Gasteiger partial charge in [-0.3, -0.25) is 14.9 Å². The lowest BCUT2D eigenvalue weighted by atomic mass is 10.1. The van der Waals surface area contributed by atoms with Gasteiger partial charge in [0.25, 0.3) is 0 Å². The summed E-state index contributed by atoms with van der Waals surface area (Å²) >= 11 is 0. The average molecular weight is 410 g/mol. The zero-order valence-electron chi connectivity index (χ0n) is 17.1. The number of nitriles is 1. The van der Waals surface area contributed by atoms with Crippen molar-refractivity contribution in [3.63, 3.8) is 0 Å². The van der Waals surface area contributed by atoms with Crippen LogP contribution in [0.3, 0.4) is 0 Å². The van der Waals surface area contributed by atoms with Gasteiger partial charge in [0.1, 0.15) is 29.7 Å². The molecule has 1 aliphatic rings. The van der Waals surface area contributed by atoms with Gasteiger partial charge in [-0.2, -0.15) is 5.26 Å². The van der Waals surface area contributed by atoms with E-state index in [9.17, 15) is 0 Å². The predicted octanol–water partition coefficient (Wildman–Crippen LogP) is 4.90. The van der Waals surface area contributed by atoms with Gasteiger partial charge in [0.15, 0.2) is 5.58 Å². The molecule has 1 aromatic carbocycles. The summed E-state index contributed by atoms with van der Waals surface area (Å²) in [5.74, 6) is 1.60. The van der Waals surface area contributed by atoms with Crippen LogP contribution in [0, 0.1) is 11.3 Å². The van der Waals surface area contributed by atoms with Crippen molar-refractivity contribution in [3.8, 4) is 34.3 Å². The molecule has 0 radical (unpaired) electrons. The van der Waals surface area contributed by atoms with Gasteiger partial charge in [-0.05, 0) is 62.3 Å². The van der Waals surface area contributed by atoms with Crippen molar-refractivity contribution in [1.82, 2.24) is 14.9 Å². The minimum atomic E-state index is 0.509. The average Bonchev–Trinajstić information content (AvgIpc) is 3.49. The van der Waals surface area contributed by atoms with Crippen LogP contribution in [0.4, 0.5) is 0 Å². The first-order valence-corrected chi connectivity index (χ1v) is 10.5. The molecule has 6 heteroatoms. The van der Waals surface area contributed by atoms with Gasteiger partial charge in [0.05, 0.1) is 5.56 Å².